The zero-order valence-corrected chi connectivity index (χ0v) is 34.1. The van der Waals surface area contributed by atoms with Gasteiger partial charge in [-0.2, -0.15) is 0 Å². The van der Waals surface area contributed by atoms with Crippen LogP contribution in [-0.2, 0) is 28.8 Å². The van der Waals surface area contributed by atoms with Crippen molar-refractivity contribution in [3.8, 4) is 81.9 Å². The van der Waals surface area contributed by atoms with Gasteiger partial charge in [-0.05, 0) is 72.8 Å². The maximum absolute atomic E-state index is 12.3. The van der Waals surface area contributed by atoms with E-state index in [1.54, 1.807) is 48.5 Å². The largest absolute Gasteiger partial charge is 0.427 e. The molecule has 0 aliphatic carbocycles. The zero-order chi connectivity index (χ0) is 44.8. The summed E-state index contributed by atoms with van der Waals surface area (Å²) >= 11 is 0. The Hall–Kier alpha value is -8.84. The van der Waals surface area contributed by atoms with Crippen LogP contribution in [0.1, 0.15) is 86.1 Å². The highest BCUT2D eigenvalue weighted by Gasteiger charge is 2.15. The third-order valence-corrected chi connectivity index (χ3v) is 7.64. The summed E-state index contributed by atoms with van der Waals surface area (Å²) in [4.78, 5) is 70.4. The second kappa shape index (κ2) is 20.7. The fourth-order valence-corrected chi connectivity index (χ4v) is 5.26. The van der Waals surface area contributed by atoms with Gasteiger partial charge in [0.2, 0.25) is 0 Å². The van der Waals surface area contributed by atoms with Crippen LogP contribution in [0.3, 0.4) is 0 Å². The first-order valence-electron chi connectivity index (χ1n) is 18.4. The Labute approximate surface area is 357 Å². The number of carbonyl (C=O) groups excluding carboxylic acids is 6. The van der Waals surface area contributed by atoms with Crippen molar-refractivity contribution in [2.24, 2.45) is 0 Å². The van der Waals surface area contributed by atoms with Gasteiger partial charge in [-0.1, -0.05) is 47.4 Å². The van der Waals surface area contributed by atoms with E-state index in [-0.39, 0.29) is 45.6 Å². The molecule has 62 heavy (non-hydrogen) atoms. The predicted molar refractivity (Wildman–Crippen MR) is 224 cm³/mol. The minimum Gasteiger partial charge on any atom is -0.427 e. The number of rotatable bonds is 6. The molecular weight excluding hydrogens is 793 g/mol. The molecule has 5 rings (SSSR count). The Balaban J connectivity index is 1.44. The van der Waals surface area contributed by atoms with E-state index in [9.17, 15) is 28.8 Å². The molecule has 0 saturated heterocycles. The fraction of sp³-hybridized carbons (Fsp3) is 0.120. The summed E-state index contributed by atoms with van der Waals surface area (Å²) in [5, 5.41) is 0. The van der Waals surface area contributed by atoms with E-state index in [0.717, 1.165) is 0 Å². The number of esters is 6. The molecule has 0 spiro atoms. The summed E-state index contributed by atoms with van der Waals surface area (Å²) in [7, 11) is 0. The summed E-state index contributed by atoms with van der Waals surface area (Å²) in [6.45, 7) is 7.53. The Kier molecular flexibility index (Phi) is 14.8. The Morgan fingerprint density at radius 1 is 0.306 bits per heavy atom. The summed E-state index contributed by atoms with van der Waals surface area (Å²) in [5.41, 5.74) is 3.41. The molecule has 0 unspecified atom stereocenters. The van der Waals surface area contributed by atoms with Crippen LogP contribution in [0.15, 0.2) is 97.1 Å². The van der Waals surface area contributed by atoms with Crippen LogP contribution < -0.4 is 28.4 Å². The standard InChI is InChI=1S/C50H34O12/c1-31(51)57-45-23-25-48(60-34(4)54)41(27-45)19-15-37-7-11-39(12-8-37)17-21-43-29-47(59-33(3)53)30-44(50(43)62-36(6)56)22-18-40-13-9-38(10-14-40)16-20-42-28-46(58-32(2)52)24-26-49(42)61-35(5)55/h7-14,23-30H,1-6H3. The summed E-state index contributed by atoms with van der Waals surface area (Å²) in [6.07, 6.45) is 0. The van der Waals surface area contributed by atoms with Gasteiger partial charge < -0.3 is 28.4 Å². The monoisotopic (exact) mass is 826 g/mol. The lowest BCUT2D eigenvalue weighted by atomic mass is 10.1. The predicted octanol–water partition coefficient (Wildman–Crippen LogP) is 6.84. The highest BCUT2D eigenvalue weighted by Crippen LogP contribution is 2.30. The average molecular weight is 827 g/mol. The van der Waals surface area contributed by atoms with E-state index in [1.165, 1.54) is 90.1 Å². The Morgan fingerprint density at radius 3 is 0.887 bits per heavy atom. The molecular formula is C50H34O12. The lowest BCUT2D eigenvalue weighted by molar-refractivity contribution is -0.133. The average Bonchev–Trinajstić information content (AvgIpc) is 3.19. The van der Waals surface area contributed by atoms with Crippen molar-refractivity contribution in [1.82, 2.24) is 0 Å². The molecule has 5 aromatic carbocycles. The van der Waals surface area contributed by atoms with E-state index in [0.29, 0.717) is 33.4 Å². The van der Waals surface area contributed by atoms with E-state index >= 15 is 0 Å². The van der Waals surface area contributed by atoms with E-state index in [4.69, 9.17) is 28.4 Å². The Bertz CT molecular complexity index is 2700. The lowest BCUT2D eigenvalue weighted by Gasteiger charge is -2.10. The van der Waals surface area contributed by atoms with Crippen molar-refractivity contribution < 1.29 is 57.2 Å². The van der Waals surface area contributed by atoms with Gasteiger partial charge in [0.25, 0.3) is 0 Å². The summed E-state index contributed by atoms with van der Waals surface area (Å²) < 4.78 is 31.7. The fourth-order valence-electron chi connectivity index (χ4n) is 5.26. The summed E-state index contributed by atoms with van der Waals surface area (Å²) in [5.74, 6) is 21.6. The lowest BCUT2D eigenvalue weighted by Crippen LogP contribution is -2.07. The Morgan fingerprint density at radius 2 is 0.581 bits per heavy atom. The molecule has 12 heteroatoms. The first-order chi connectivity index (χ1) is 29.6. The molecule has 5 aromatic rings. The second-order valence-electron chi connectivity index (χ2n) is 12.9. The van der Waals surface area contributed by atoms with E-state index < -0.39 is 35.8 Å². The van der Waals surface area contributed by atoms with Crippen molar-refractivity contribution in [1.29, 1.82) is 0 Å². The first kappa shape index (κ1) is 44.3. The minimum atomic E-state index is -0.632. The maximum atomic E-state index is 12.3. The van der Waals surface area contributed by atoms with E-state index in [1.807, 2.05) is 0 Å². The quantitative estimate of drug-likeness (QED) is 0.1000. The van der Waals surface area contributed by atoms with Crippen LogP contribution in [0.5, 0.6) is 34.5 Å². The normalized spacial score (nSPS) is 9.65. The highest BCUT2D eigenvalue weighted by atomic mass is 16.6. The first-order valence-corrected chi connectivity index (χ1v) is 18.4. The zero-order valence-electron chi connectivity index (χ0n) is 34.1. The van der Waals surface area contributed by atoms with Gasteiger partial charge in [-0.25, -0.2) is 0 Å². The van der Waals surface area contributed by atoms with Gasteiger partial charge in [-0.15, -0.1) is 0 Å². The smallest absolute Gasteiger partial charge is 0.308 e. The maximum Gasteiger partial charge on any atom is 0.308 e. The van der Waals surface area contributed by atoms with Crippen LogP contribution >= 0.6 is 0 Å². The topological polar surface area (TPSA) is 158 Å². The molecule has 0 saturated carbocycles. The molecule has 0 N–H and O–H groups in total. The number of hydrogen-bond donors (Lipinski definition) is 0. The second-order valence-corrected chi connectivity index (χ2v) is 12.9. The molecule has 0 aliphatic rings. The van der Waals surface area contributed by atoms with Crippen molar-refractivity contribution in [2.45, 2.75) is 41.5 Å². The van der Waals surface area contributed by atoms with E-state index in [2.05, 4.69) is 47.4 Å². The van der Waals surface area contributed by atoms with Gasteiger partial charge >= 0.3 is 35.8 Å². The number of carbonyl (C=O) groups is 6. The third kappa shape index (κ3) is 13.6. The molecule has 0 atom stereocenters. The minimum absolute atomic E-state index is 0.0532. The van der Waals surface area contributed by atoms with Crippen LogP contribution in [0.4, 0.5) is 0 Å². The molecule has 0 radical (unpaired) electrons. The van der Waals surface area contributed by atoms with Gasteiger partial charge in [0.15, 0.2) is 5.75 Å². The number of hydrogen-bond acceptors (Lipinski definition) is 12. The highest BCUT2D eigenvalue weighted by molar-refractivity contribution is 5.76. The van der Waals surface area contributed by atoms with Crippen molar-refractivity contribution in [3.63, 3.8) is 0 Å². The van der Waals surface area contributed by atoms with Gasteiger partial charge in [0.05, 0.1) is 22.3 Å². The van der Waals surface area contributed by atoms with Gasteiger partial charge in [-0.3, -0.25) is 28.8 Å². The van der Waals surface area contributed by atoms with Crippen LogP contribution in [0.2, 0.25) is 0 Å². The SMILES string of the molecule is CC(=O)Oc1ccc(OC(C)=O)c(C#Cc2ccc(C#Cc3cc(OC(C)=O)cc(C#Cc4ccc(C#Cc5cc(OC(C)=O)ccc5OC(C)=O)cc4)c3OC(C)=O)cc2)c1. The van der Waals surface area contributed by atoms with Crippen molar-refractivity contribution >= 4 is 35.8 Å². The molecule has 12 nitrogen and oxygen atoms in total. The number of benzene rings is 5. The molecule has 0 aliphatic heterocycles. The van der Waals surface area contributed by atoms with Gasteiger partial charge in [0.1, 0.15) is 28.7 Å². The van der Waals surface area contributed by atoms with Gasteiger partial charge in [0, 0.05) is 88.1 Å². The molecule has 0 bridgehead atoms. The summed E-state index contributed by atoms with van der Waals surface area (Å²) in [6, 6.07) is 25.6. The van der Waals surface area contributed by atoms with Crippen LogP contribution in [0, 0.1) is 47.4 Å². The molecule has 306 valence electrons. The molecule has 0 amide bonds. The molecule has 0 aromatic heterocycles. The molecule has 0 fully saturated rings. The van der Waals surface area contributed by atoms with Crippen LogP contribution in [0.25, 0.3) is 0 Å². The van der Waals surface area contributed by atoms with Crippen LogP contribution in [-0.4, -0.2) is 35.8 Å². The number of ether oxygens (including phenoxy) is 6. The molecule has 0 heterocycles. The van der Waals surface area contributed by atoms with Crippen molar-refractivity contribution in [3.05, 3.63) is 142 Å². The third-order valence-electron chi connectivity index (χ3n) is 7.64. The van der Waals surface area contributed by atoms with Crippen molar-refractivity contribution in [2.75, 3.05) is 0 Å².